The topological polar surface area (TPSA) is 9.23 Å². The summed E-state index contributed by atoms with van der Waals surface area (Å²) in [5.41, 5.74) is 0.624. The molecule has 0 saturated heterocycles. The van der Waals surface area contributed by atoms with Crippen LogP contribution in [0.3, 0.4) is 0 Å². The first kappa shape index (κ1) is 15.7. The van der Waals surface area contributed by atoms with Gasteiger partial charge in [-0.2, -0.15) is 0 Å². The van der Waals surface area contributed by atoms with E-state index in [-0.39, 0.29) is 11.2 Å². The zero-order chi connectivity index (χ0) is 13.4. The molecule has 0 fully saturated rings. The van der Waals surface area contributed by atoms with Crippen molar-refractivity contribution in [1.29, 1.82) is 0 Å². The lowest BCUT2D eigenvalue weighted by molar-refractivity contribution is 0.119. The van der Waals surface area contributed by atoms with Gasteiger partial charge in [0.1, 0.15) is 5.82 Å². The minimum atomic E-state index is -0.343. The van der Waals surface area contributed by atoms with Gasteiger partial charge in [-0.05, 0) is 30.5 Å². The van der Waals surface area contributed by atoms with Crippen molar-refractivity contribution in [3.05, 3.63) is 35.6 Å². The summed E-state index contributed by atoms with van der Waals surface area (Å²) in [6.07, 6.45) is 1.73. The van der Waals surface area contributed by atoms with Crippen molar-refractivity contribution < 1.29 is 9.13 Å². The van der Waals surface area contributed by atoms with Crippen LogP contribution in [0.2, 0.25) is 0 Å². The van der Waals surface area contributed by atoms with Crippen molar-refractivity contribution >= 4 is 23.2 Å². The van der Waals surface area contributed by atoms with Gasteiger partial charge < -0.3 is 4.74 Å². The summed E-state index contributed by atoms with van der Waals surface area (Å²) in [6.45, 7) is 3.42. The van der Waals surface area contributed by atoms with E-state index in [4.69, 9.17) is 27.9 Å². The van der Waals surface area contributed by atoms with Gasteiger partial charge in [-0.15, -0.1) is 23.2 Å². The van der Waals surface area contributed by atoms with Gasteiger partial charge in [0.05, 0.1) is 0 Å². The summed E-state index contributed by atoms with van der Waals surface area (Å²) in [6, 6.07) is 6.38. The summed E-state index contributed by atoms with van der Waals surface area (Å²) in [7, 11) is 0. The smallest absolute Gasteiger partial charge is 0.123 e. The second-order valence-corrected chi connectivity index (χ2v) is 4.95. The van der Waals surface area contributed by atoms with Crippen molar-refractivity contribution in [3.63, 3.8) is 0 Å². The normalized spacial score (nSPS) is 11.8. The first-order chi connectivity index (χ1) is 8.68. The highest BCUT2D eigenvalue weighted by Crippen LogP contribution is 2.31. The highest BCUT2D eigenvalue weighted by molar-refractivity contribution is 6.22. The summed E-state index contributed by atoms with van der Waals surface area (Å²) in [4.78, 5) is 0. The fraction of sp³-hybridized carbons (Fsp3) is 0.571. The third kappa shape index (κ3) is 4.11. The predicted molar refractivity (Wildman–Crippen MR) is 75.2 cm³/mol. The average Bonchev–Trinajstić information content (AvgIpc) is 2.41. The SMILES string of the molecule is CCCOCCC(CCl)(CCl)c1ccc(F)cc1. The number of rotatable bonds is 8. The van der Waals surface area contributed by atoms with E-state index in [0.717, 1.165) is 25.0 Å². The monoisotopic (exact) mass is 292 g/mol. The van der Waals surface area contributed by atoms with Gasteiger partial charge in [0.15, 0.2) is 0 Å². The summed E-state index contributed by atoms with van der Waals surface area (Å²) < 4.78 is 18.4. The Hall–Kier alpha value is -0.310. The Bertz CT molecular complexity index is 336. The summed E-state index contributed by atoms with van der Waals surface area (Å²) in [5, 5.41) is 0. The Morgan fingerprint density at radius 2 is 1.72 bits per heavy atom. The van der Waals surface area contributed by atoms with Gasteiger partial charge in [0, 0.05) is 30.4 Å². The average molecular weight is 293 g/mol. The van der Waals surface area contributed by atoms with Crippen LogP contribution in [0.4, 0.5) is 4.39 Å². The molecular weight excluding hydrogens is 274 g/mol. The number of hydrogen-bond acceptors (Lipinski definition) is 1. The third-order valence-corrected chi connectivity index (χ3v) is 4.06. The maximum atomic E-state index is 12.9. The molecule has 0 radical (unpaired) electrons. The van der Waals surface area contributed by atoms with E-state index in [9.17, 15) is 4.39 Å². The molecular formula is C14H19Cl2FO. The molecule has 18 heavy (non-hydrogen) atoms. The van der Waals surface area contributed by atoms with E-state index in [1.54, 1.807) is 12.1 Å². The summed E-state index contributed by atoms with van der Waals surface area (Å²) in [5.74, 6) is 0.550. The largest absolute Gasteiger partial charge is 0.381 e. The van der Waals surface area contributed by atoms with Crippen LogP contribution < -0.4 is 0 Å². The van der Waals surface area contributed by atoms with Crippen molar-refractivity contribution in [1.82, 2.24) is 0 Å². The van der Waals surface area contributed by atoms with Crippen molar-refractivity contribution in [2.75, 3.05) is 25.0 Å². The molecule has 0 saturated carbocycles. The Morgan fingerprint density at radius 1 is 1.11 bits per heavy atom. The van der Waals surface area contributed by atoms with Crippen LogP contribution >= 0.6 is 23.2 Å². The standard InChI is InChI=1S/C14H19Cl2FO/c1-2-8-18-9-7-14(10-15,11-16)12-3-5-13(17)6-4-12/h3-6H,2,7-11H2,1H3. The molecule has 0 aliphatic carbocycles. The van der Waals surface area contributed by atoms with Crippen LogP contribution in [-0.2, 0) is 10.2 Å². The fourth-order valence-corrected chi connectivity index (χ4v) is 2.65. The molecule has 1 aromatic rings. The minimum absolute atomic E-state index is 0.251. The number of ether oxygens (including phenoxy) is 1. The molecule has 0 amide bonds. The van der Waals surface area contributed by atoms with E-state index >= 15 is 0 Å². The molecule has 0 aliphatic heterocycles. The third-order valence-electron chi connectivity index (χ3n) is 3.04. The van der Waals surface area contributed by atoms with E-state index in [0.29, 0.717) is 18.4 Å². The molecule has 0 N–H and O–H groups in total. The molecule has 102 valence electrons. The molecule has 0 atom stereocenters. The molecule has 0 bridgehead atoms. The van der Waals surface area contributed by atoms with Crippen LogP contribution in [0.25, 0.3) is 0 Å². The maximum absolute atomic E-state index is 12.9. The molecule has 0 unspecified atom stereocenters. The van der Waals surface area contributed by atoms with Crippen molar-refractivity contribution in [3.8, 4) is 0 Å². The van der Waals surface area contributed by atoms with Gasteiger partial charge in [-0.25, -0.2) is 4.39 Å². The minimum Gasteiger partial charge on any atom is -0.381 e. The van der Waals surface area contributed by atoms with Gasteiger partial charge in [0.2, 0.25) is 0 Å². The molecule has 0 aromatic heterocycles. The first-order valence-electron chi connectivity index (χ1n) is 6.14. The summed E-state index contributed by atoms with van der Waals surface area (Å²) >= 11 is 12.2. The lowest BCUT2D eigenvalue weighted by Crippen LogP contribution is -2.32. The molecule has 1 nitrogen and oxygen atoms in total. The Kier molecular flexibility index (Phi) is 6.98. The van der Waals surface area contributed by atoms with E-state index in [1.165, 1.54) is 12.1 Å². The van der Waals surface area contributed by atoms with Crippen LogP contribution in [0.15, 0.2) is 24.3 Å². The molecule has 0 heterocycles. The molecule has 4 heteroatoms. The van der Waals surface area contributed by atoms with Crippen molar-refractivity contribution in [2.45, 2.75) is 25.2 Å². The number of hydrogen-bond donors (Lipinski definition) is 0. The second-order valence-electron chi connectivity index (χ2n) is 4.42. The number of alkyl halides is 2. The van der Waals surface area contributed by atoms with Crippen LogP contribution in [-0.4, -0.2) is 25.0 Å². The van der Waals surface area contributed by atoms with Crippen LogP contribution in [0.5, 0.6) is 0 Å². The van der Waals surface area contributed by atoms with E-state index in [1.807, 2.05) is 0 Å². The zero-order valence-electron chi connectivity index (χ0n) is 10.6. The molecule has 0 aliphatic rings. The number of benzene rings is 1. The Balaban J connectivity index is 2.75. The second kappa shape index (κ2) is 7.98. The lowest BCUT2D eigenvalue weighted by Gasteiger charge is -2.30. The predicted octanol–water partition coefficient (Wildman–Crippen LogP) is 4.36. The van der Waals surface area contributed by atoms with Gasteiger partial charge in [-0.3, -0.25) is 0 Å². The van der Waals surface area contributed by atoms with Crippen molar-refractivity contribution in [2.24, 2.45) is 0 Å². The van der Waals surface area contributed by atoms with Gasteiger partial charge in [-0.1, -0.05) is 19.1 Å². The zero-order valence-corrected chi connectivity index (χ0v) is 12.1. The van der Waals surface area contributed by atoms with E-state index < -0.39 is 0 Å². The Morgan fingerprint density at radius 3 is 2.22 bits per heavy atom. The lowest BCUT2D eigenvalue weighted by atomic mass is 9.81. The highest BCUT2D eigenvalue weighted by Gasteiger charge is 2.30. The van der Waals surface area contributed by atoms with E-state index in [2.05, 4.69) is 6.92 Å². The maximum Gasteiger partial charge on any atom is 0.123 e. The molecule has 1 rings (SSSR count). The highest BCUT2D eigenvalue weighted by atomic mass is 35.5. The number of halogens is 3. The Labute approximate surface area is 118 Å². The molecule has 1 aromatic carbocycles. The van der Waals surface area contributed by atoms with Crippen LogP contribution in [0, 0.1) is 5.82 Å². The first-order valence-corrected chi connectivity index (χ1v) is 7.21. The quantitative estimate of drug-likeness (QED) is 0.511. The molecule has 0 spiro atoms. The van der Waals surface area contributed by atoms with Gasteiger partial charge in [0.25, 0.3) is 0 Å². The van der Waals surface area contributed by atoms with Crippen LogP contribution in [0.1, 0.15) is 25.3 Å². The van der Waals surface area contributed by atoms with Gasteiger partial charge >= 0.3 is 0 Å². The fourth-order valence-electron chi connectivity index (χ4n) is 1.79.